The highest BCUT2D eigenvalue weighted by molar-refractivity contribution is 5.78. The maximum Gasteiger partial charge on any atom is 0.236 e. The molecule has 5 heteroatoms. The Hall–Kier alpha value is -1.33. The van der Waals surface area contributed by atoms with Crippen LogP contribution < -0.4 is 0 Å². The Balaban J connectivity index is 2.50. The van der Waals surface area contributed by atoms with E-state index in [1.165, 1.54) is 0 Å². The van der Waals surface area contributed by atoms with Gasteiger partial charge in [0.25, 0.3) is 0 Å². The van der Waals surface area contributed by atoms with Crippen LogP contribution in [0.2, 0.25) is 0 Å². The fourth-order valence-corrected chi connectivity index (χ4v) is 1.38. The molecule has 18 heavy (non-hydrogen) atoms. The third kappa shape index (κ3) is 3.85. The van der Waals surface area contributed by atoms with Crippen molar-refractivity contribution in [3.8, 4) is 0 Å². The molecule has 0 bridgehead atoms. The van der Waals surface area contributed by atoms with Gasteiger partial charge in [-0.15, -0.1) is 0 Å². The Morgan fingerprint density at radius 2 is 2.11 bits per heavy atom. The molecule has 0 spiro atoms. The van der Waals surface area contributed by atoms with Crippen LogP contribution in [0.25, 0.3) is 0 Å². The van der Waals surface area contributed by atoms with Crippen molar-refractivity contribution in [2.24, 2.45) is 0 Å². The molecule has 0 atom stereocenters. The molecule has 1 aromatic heterocycles. The Labute approximate surface area is 108 Å². The summed E-state index contributed by atoms with van der Waals surface area (Å²) in [5.41, 5.74) is -0.402. The molecule has 102 valence electrons. The lowest BCUT2D eigenvalue weighted by atomic mass is 10.1. The van der Waals surface area contributed by atoms with Crippen molar-refractivity contribution in [3.05, 3.63) is 24.2 Å². The van der Waals surface area contributed by atoms with Gasteiger partial charge in [0.15, 0.2) is 0 Å². The highest BCUT2D eigenvalue weighted by Gasteiger charge is 2.25. The Bertz CT molecular complexity index is 374. The van der Waals surface area contributed by atoms with Gasteiger partial charge in [0.2, 0.25) is 5.91 Å². The second kappa shape index (κ2) is 6.02. The average molecular weight is 254 g/mol. The van der Waals surface area contributed by atoms with Crippen LogP contribution in [0.15, 0.2) is 22.8 Å². The molecule has 0 aromatic carbocycles. The van der Waals surface area contributed by atoms with E-state index in [4.69, 9.17) is 4.42 Å². The third-order valence-corrected chi connectivity index (χ3v) is 3.19. The minimum atomic E-state index is -0.402. The van der Waals surface area contributed by atoms with Crippen LogP contribution in [0.5, 0.6) is 0 Å². The van der Waals surface area contributed by atoms with Crippen LogP contribution >= 0.6 is 0 Å². The SMILES string of the molecule is CN(Cc1ccco1)C(=O)CN(C)C(C)(C)CO. The van der Waals surface area contributed by atoms with E-state index >= 15 is 0 Å². The topological polar surface area (TPSA) is 56.9 Å². The lowest BCUT2D eigenvalue weighted by Crippen LogP contribution is -2.48. The van der Waals surface area contributed by atoms with Gasteiger partial charge < -0.3 is 14.4 Å². The largest absolute Gasteiger partial charge is 0.467 e. The second-order valence-electron chi connectivity index (χ2n) is 5.16. The summed E-state index contributed by atoms with van der Waals surface area (Å²) in [6.45, 7) is 4.53. The van der Waals surface area contributed by atoms with Crippen molar-refractivity contribution in [2.45, 2.75) is 25.9 Å². The minimum Gasteiger partial charge on any atom is -0.467 e. The fourth-order valence-electron chi connectivity index (χ4n) is 1.38. The van der Waals surface area contributed by atoms with Crippen LogP contribution in [0.1, 0.15) is 19.6 Å². The van der Waals surface area contributed by atoms with Gasteiger partial charge in [-0.1, -0.05) is 0 Å². The lowest BCUT2D eigenvalue weighted by molar-refractivity contribution is -0.133. The number of rotatable bonds is 6. The Kier molecular flexibility index (Phi) is 4.93. The summed E-state index contributed by atoms with van der Waals surface area (Å²) in [5, 5.41) is 9.24. The lowest BCUT2D eigenvalue weighted by Gasteiger charge is -2.34. The number of likely N-dealkylation sites (N-methyl/N-ethyl adjacent to an activating group) is 2. The summed E-state index contributed by atoms with van der Waals surface area (Å²) in [6.07, 6.45) is 1.59. The van der Waals surface area contributed by atoms with Crippen molar-refractivity contribution in [1.82, 2.24) is 9.80 Å². The van der Waals surface area contributed by atoms with Crippen LogP contribution in [-0.2, 0) is 11.3 Å². The molecule has 0 aliphatic rings. The van der Waals surface area contributed by atoms with E-state index in [1.54, 1.807) is 24.3 Å². The number of amides is 1. The molecule has 1 rings (SSSR count). The van der Waals surface area contributed by atoms with Gasteiger partial charge in [-0.2, -0.15) is 0 Å². The smallest absolute Gasteiger partial charge is 0.236 e. The van der Waals surface area contributed by atoms with Crippen molar-refractivity contribution >= 4 is 5.91 Å². The minimum absolute atomic E-state index is 0.00424. The van der Waals surface area contributed by atoms with Gasteiger partial charge in [-0.3, -0.25) is 9.69 Å². The third-order valence-electron chi connectivity index (χ3n) is 3.19. The maximum atomic E-state index is 12.0. The summed E-state index contributed by atoms with van der Waals surface area (Å²) < 4.78 is 5.20. The van der Waals surface area contributed by atoms with E-state index < -0.39 is 5.54 Å². The molecule has 0 saturated heterocycles. The first-order valence-electron chi connectivity index (χ1n) is 5.95. The van der Waals surface area contributed by atoms with E-state index in [-0.39, 0.29) is 19.1 Å². The monoisotopic (exact) mass is 254 g/mol. The molecule has 0 aliphatic heterocycles. The van der Waals surface area contributed by atoms with Crippen LogP contribution in [-0.4, -0.2) is 53.6 Å². The zero-order valence-corrected chi connectivity index (χ0v) is 11.5. The molecule has 0 aliphatic carbocycles. The predicted octanol–water partition coefficient (Wildman–Crippen LogP) is 0.941. The van der Waals surface area contributed by atoms with Crippen LogP contribution in [0.3, 0.4) is 0 Å². The first-order chi connectivity index (χ1) is 8.36. The summed E-state index contributed by atoms with van der Waals surface area (Å²) in [5.74, 6) is 0.755. The molecule has 5 nitrogen and oxygen atoms in total. The predicted molar refractivity (Wildman–Crippen MR) is 69.0 cm³/mol. The molecule has 1 aromatic rings. The van der Waals surface area contributed by atoms with Crippen molar-refractivity contribution < 1.29 is 14.3 Å². The number of hydrogen-bond donors (Lipinski definition) is 1. The summed E-state index contributed by atoms with van der Waals surface area (Å²) in [7, 11) is 3.57. The zero-order chi connectivity index (χ0) is 13.8. The van der Waals surface area contributed by atoms with Crippen LogP contribution in [0, 0.1) is 0 Å². The molecule has 0 unspecified atom stereocenters. The number of nitrogens with zero attached hydrogens (tertiary/aromatic N) is 2. The normalized spacial score (nSPS) is 11.9. The number of aliphatic hydroxyl groups excluding tert-OH is 1. The number of carbonyl (C=O) groups excluding carboxylic acids is 1. The Morgan fingerprint density at radius 1 is 1.44 bits per heavy atom. The van der Waals surface area contributed by atoms with E-state index in [9.17, 15) is 9.90 Å². The quantitative estimate of drug-likeness (QED) is 0.821. The van der Waals surface area contributed by atoms with Crippen molar-refractivity contribution in [3.63, 3.8) is 0 Å². The fraction of sp³-hybridized carbons (Fsp3) is 0.615. The molecule has 1 amide bonds. The summed E-state index contributed by atoms with van der Waals surface area (Å²) >= 11 is 0. The van der Waals surface area contributed by atoms with Gasteiger partial charge in [-0.05, 0) is 33.0 Å². The van der Waals surface area contributed by atoms with Gasteiger partial charge >= 0.3 is 0 Å². The maximum absolute atomic E-state index is 12.0. The molecule has 0 radical (unpaired) electrons. The summed E-state index contributed by atoms with van der Waals surface area (Å²) in [6, 6.07) is 3.64. The van der Waals surface area contributed by atoms with Crippen molar-refractivity contribution in [2.75, 3.05) is 27.2 Å². The van der Waals surface area contributed by atoms with Gasteiger partial charge in [0, 0.05) is 12.6 Å². The number of furan rings is 1. The number of hydrogen-bond acceptors (Lipinski definition) is 4. The number of aliphatic hydroxyl groups is 1. The van der Waals surface area contributed by atoms with Gasteiger partial charge in [0.1, 0.15) is 5.76 Å². The molecule has 1 heterocycles. The molecular weight excluding hydrogens is 232 g/mol. The van der Waals surface area contributed by atoms with Gasteiger partial charge in [0.05, 0.1) is 26.0 Å². The van der Waals surface area contributed by atoms with Crippen molar-refractivity contribution in [1.29, 1.82) is 0 Å². The Morgan fingerprint density at radius 3 is 2.61 bits per heavy atom. The zero-order valence-electron chi connectivity index (χ0n) is 11.5. The van der Waals surface area contributed by atoms with E-state index in [0.717, 1.165) is 5.76 Å². The second-order valence-corrected chi connectivity index (χ2v) is 5.16. The van der Waals surface area contributed by atoms with E-state index in [2.05, 4.69) is 0 Å². The first kappa shape index (κ1) is 14.7. The highest BCUT2D eigenvalue weighted by atomic mass is 16.3. The highest BCUT2D eigenvalue weighted by Crippen LogP contribution is 2.11. The number of carbonyl (C=O) groups is 1. The standard InChI is InChI=1S/C13H22N2O3/c1-13(2,10-16)15(4)9-12(17)14(3)8-11-6-5-7-18-11/h5-7,16H,8-10H2,1-4H3. The van der Waals surface area contributed by atoms with E-state index in [1.807, 2.05) is 31.9 Å². The molecule has 0 fully saturated rings. The first-order valence-corrected chi connectivity index (χ1v) is 5.95. The molecular formula is C13H22N2O3. The average Bonchev–Trinajstić information content (AvgIpc) is 2.81. The van der Waals surface area contributed by atoms with Gasteiger partial charge in [-0.25, -0.2) is 0 Å². The summed E-state index contributed by atoms with van der Waals surface area (Å²) in [4.78, 5) is 15.5. The molecule has 1 N–H and O–H groups in total. The van der Waals surface area contributed by atoms with Crippen LogP contribution in [0.4, 0.5) is 0 Å². The van der Waals surface area contributed by atoms with E-state index in [0.29, 0.717) is 6.54 Å². The molecule has 0 saturated carbocycles.